The first-order valence-corrected chi connectivity index (χ1v) is 6.70. The van der Waals surface area contributed by atoms with Gasteiger partial charge in [-0.1, -0.05) is 12.1 Å². The number of benzene rings is 1. The summed E-state index contributed by atoms with van der Waals surface area (Å²) in [5.74, 6) is 0. The summed E-state index contributed by atoms with van der Waals surface area (Å²) in [7, 11) is 0. The third-order valence-electron chi connectivity index (χ3n) is 3.10. The second-order valence-electron chi connectivity index (χ2n) is 4.54. The molecule has 0 bridgehead atoms. The van der Waals surface area contributed by atoms with Crippen molar-refractivity contribution in [1.82, 2.24) is 4.90 Å². The molecule has 6 heteroatoms. The van der Waals surface area contributed by atoms with Crippen LogP contribution in [0.2, 0.25) is 0 Å². The van der Waals surface area contributed by atoms with Crippen molar-refractivity contribution >= 4 is 23.0 Å². The van der Waals surface area contributed by atoms with Gasteiger partial charge < -0.3 is 20.9 Å². The summed E-state index contributed by atoms with van der Waals surface area (Å²) < 4.78 is 5.28. The highest BCUT2D eigenvalue weighted by molar-refractivity contribution is 7.80. The van der Waals surface area contributed by atoms with Crippen LogP contribution in [0.1, 0.15) is 11.7 Å². The van der Waals surface area contributed by atoms with E-state index in [0.717, 1.165) is 37.6 Å². The second kappa shape index (κ2) is 6.81. The molecule has 1 saturated heterocycles. The van der Waals surface area contributed by atoms with E-state index in [9.17, 15) is 5.11 Å². The molecule has 5 nitrogen and oxygen atoms in total. The molecular formula is C13H19N3O2S. The maximum Gasteiger partial charge on any atom is 0.168 e. The number of ether oxygens (including phenoxy) is 1. The normalized spacial score (nSPS) is 17.9. The Balaban J connectivity index is 1.91. The maximum absolute atomic E-state index is 10.2. The van der Waals surface area contributed by atoms with Gasteiger partial charge in [-0.15, -0.1) is 0 Å². The lowest BCUT2D eigenvalue weighted by molar-refractivity contribution is 0.0143. The predicted molar refractivity (Wildman–Crippen MR) is 79.1 cm³/mol. The maximum atomic E-state index is 10.2. The van der Waals surface area contributed by atoms with Crippen molar-refractivity contribution in [2.75, 3.05) is 38.2 Å². The molecule has 2 rings (SSSR count). The number of aliphatic hydroxyl groups is 1. The lowest BCUT2D eigenvalue weighted by atomic mass is 10.1. The number of nitrogens with zero attached hydrogens (tertiary/aromatic N) is 1. The first-order chi connectivity index (χ1) is 9.15. The molecule has 0 amide bonds. The Labute approximate surface area is 118 Å². The molecule has 4 N–H and O–H groups in total. The van der Waals surface area contributed by atoms with Gasteiger partial charge in [-0.2, -0.15) is 0 Å². The summed E-state index contributed by atoms with van der Waals surface area (Å²) in [6, 6.07) is 7.48. The lowest BCUT2D eigenvalue weighted by Crippen LogP contribution is -2.38. The van der Waals surface area contributed by atoms with Gasteiger partial charge in [0, 0.05) is 25.3 Å². The van der Waals surface area contributed by atoms with Gasteiger partial charge in [0.25, 0.3) is 0 Å². The van der Waals surface area contributed by atoms with Crippen molar-refractivity contribution in [3.8, 4) is 0 Å². The Hall–Kier alpha value is -1.21. The van der Waals surface area contributed by atoms with Gasteiger partial charge in [0.05, 0.1) is 19.3 Å². The highest BCUT2D eigenvalue weighted by Crippen LogP contribution is 2.17. The van der Waals surface area contributed by atoms with Crippen LogP contribution in [0, 0.1) is 0 Å². The molecule has 0 spiro atoms. The second-order valence-corrected chi connectivity index (χ2v) is 4.98. The largest absolute Gasteiger partial charge is 0.387 e. The standard InChI is InChI=1S/C13H19N3O2S/c14-13(19)15-11-3-1-10(2-4-11)12(17)9-16-5-7-18-8-6-16/h1-4,12,17H,5-9H2,(H3,14,15,19). The van der Waals surface area contributed by atoms with E-state index >= 15 is 0 Å². The molecule has 0 saturated carbocycles. The van der Waals surface area contributed by atoms with Gasteiger partial charge >= 0.3 is 0 Å². The number of morpholine rings is 1. The molecule has 0 aromatic heterocycles. The molecule has 1 fully saturated rings. The summed E-state index contributed by atoms with van der Waals surface area (Å²) in [6.07, 6.45) is -0.489. The van der Waals surface area contributed by atoms with Crippen molar-refractivity contribution in [3.63, 3.8) is 0 Å². The van der Waals surface area contributed by atoms with E-state index in [1.807, 2.05) is 24.3 Å². The van der Waals surface area contributed by atoms with Gasteiger partial charge in [0.2, 0.25) is 0 Å². The fraction of sp³-hybridized carbons (Fsp3) is 0.462. The van der Waals surface area contributed by atoms with Crippen molar-refractivity contribution in [2.24, 2.45) is 5.73 Å². The molecule has 1 aliphatic rings. The van der Waals surface area contributed by atoms with Gasteiger partial charge in [-0.05, 0) is 29.9 Å². The van der Waals surface area contributed by atoms with E-state index in [4.69, 9.17) is 22.7 Å². The number of nitrogens with one attached hydrogen (secondary N) is 1. The number of rotatable bonds is 4. The fourth-order valence-electron chi connectivity index (χ4n) is 2.06. The van der Waals surface area contributed by atoms with Crippen LogP contribution >= 0.6 is 12.2 Å². The van der Waals surface area contributed by atoms with E-state index in [1.54, 1.807) is 0 Å². The third-order valence-corrected chi connectivity index (χ3v) is 3.20. The van der Waals surface area contributed by atoms with E-state index < -0.39 is 6.10 Å². The van der Waals surface area contributed by atoms with E-state index in [2.05, 4.69) is 10.2 Å². The van der Waals surface area contributed by atoms with Crippen LogP contribution in [0.3, 0.4) is 0 Å². The van der Waals surface area contributed by atoms with Crippen LogP contribution in [0.5, 0.6) is 0 Å². The minimum atomic E-state index is -0.489. The molecule has 19 heavy (non-hydrogen) atoms. The number of thiocarbonyl (C=S) groups is 1. The highest BCUT2D eigenvalue weighted by atomic mass is 32.1. The molecule has 1 aliphatic heterocycles. The Kier molecular flexibility index (Phi) is 5.09. The molecule has 1 heterocycles. The number of nitrogens with two attached hydrogens (primary N) is 1. The van der Waals surface area contributed by atoms with Gasteiger partial charge in [0.1, 0.15) is 0 Å². The third kappa shape index (κ3) is 4.43. The molecule has 0 aliphatic carbocycles. The van der Waals surface area contributed by atoms with Crippen LogP contribution in [-0.2, 0) is 4.74 Å². The Morgan fingerprint density at radius 2 is 2.00 bits per heavy atom. The monoisotopic (exact) mass is 281 g/mol. The van der Waals surface area contributed by atoms with Crippen molar-refractivity contribution < 1.29 is 9.84 Å². The molecule has 1 atom stereocenters. The molecular weight excluding hydrogens is 262 g/mol. The number of anilines is 1. The van der Waals surface area contributed by atoms with Gasteiger partial charge in [-0.25, -0.2) is 0 Å². The first kappa shape index (κ1) is 14.2. The quantitative estimate of drug-likeness (QED) is 0.706. The predicted octanol–water partition coefficient (Wildman–Crippen LogP) is 0.708. The van der Waals surface area contributed by atoms with Crippen LogP contribution in [0.15, 0.2) is 24.3 Å². The molecule has 1 aromatic carbocycles. The van der Waals surface area contributed by atoms with Crippen LogP contribution in [-0.4, -0.2) is 48.0 Å². The zero-order valence-electron chi connectivity index (χ0n) is 10.7. The summed E-state index contributed by atoms with van der Waals surface area (Å²) in [5, 5.41) is 13.3. The minimum Gasteiger partial charge on any atom is -0.387 e. The number of aliphatic hydroxyl groups excluding tert-OH is 1. The van der Waals surface area contributed by atoms with E-state index in [0.29, 0.717) is 6.54 Å². The number of β-amino-alcohol motifs (C(OH)–C–C–N with tert-alkyl or cyclic N) is 1. The fourth-order valence-corrected chi connectivity index (χ4v) is 2.18. The Morgan fingerprint density at radius 3 is 2.58 bits per heavy atom. The van der Waals surface area contributed by atoms with Crippen molar-refractivity contribution in [3.05, 3.63) is 29.8 Å². The Bertz CT molecular complexity index is 418. The summed E-state index contributed by atoms with van der Waals surface area (Å²) >= 11 is 4.77. The average molecular weight is 281 g/mol. The smallest absolute Gasteiger partial charge is 0.168 e. The van der Waals surface area contributed by atoms with Crippen molar-refractivity contribution in [2.45, 2.75) is 6.10 Å². The van der Waals surface area contributed by atoms with Crippen molar-refractivity contribution in [1.29, 1.82) is 0 Å². The van der Waals surface area contributed by atoms with Gasteiger partial charge in [-0.3, -0.25) is 4.90 Å². The zero-order valence-corrected chi connectivity index (χ0v) is 11.5. The molecule has 1 unspecified atom stereocenters. The molecule has 104 valence electrons. The van der Waals surface area contributed by atoms with Gasteiger partial charge in [0.15, 0.2) is 5.11 Å². The summed E-state index contributed by atoms with van der Waals surface area (Å²) in [5.41, 5.74) is 7.12. The highest BCUT2D eigenvalue weighted by Gasteiger charge is 2.16. The minimum absolute atomic E-state index is 0.238. The summed E-state index contributed by atoms with van der Waals surface area (Å²) in [4.78, 5) is 2.20. The average Bonchev–Trinajstić information content (AvgIpc) is 2.40. The summed E-state index contributed by atoms with van der Waals surface area (Å²) in [6.45, 7) is 3.86. The zero-order chi connectivity index (χ0) is 13.7. The van der Waals surface area contributed by atoms with E-state index in [1.165, 1.54) is 0 Å². The number of hydrogen-bond donors (Lipinski definition) is 3. The number of hydrogen-bond acceptors (Lipinski definition) is 4. The van der Waals surface area contributed by atoms with Crippen LogP contribution in [0.4, 0.5) is 5.69 Å². The topological polar surface area (TPSA) is 70.8 Å². The van der Waals surface area contributed by atoms with Crippen LogP contribution in [0.25, 0.3) is 0 Å². The lowest BCUT2D eigenvalue weighted by Gasteiger charge is -2.28. The molecule has 1 aromatic rings. The van der Waals surface area contributed by atoms with Crippen LogP contribution < -0.4 is 11.1 Å². The van der Waals surface area contributed by atoms with E-state index in [-0.39, 0.29) is 5.11 Å². The first-order valence-electron chi connectivity index (χ1n) is 6.30. The molecule has 0 radical (unpaired) electrons. The SMILES string of the molecule is NC(=S)Nc1ccc(C(O)CN2CCOCC2)cc1. The Morgan fingerprint density at radius 1 is 1.37 bits per heavy atom.